The molecule has 1 aliphatic rings. The molecule has 1 heterocycles. The number of carbonyl (C=O) groups excluding carboxylic acids is 1. The van der Waals surface area contributed by atoms with Gasteiger partial charge in [0.05, 0.1) is 25.3 Å². The molecule has 2 aromatic carbocycles. The van der Waals surface area contributed by atoms with Crippen molar-refractivity contribution in [1.82, 2.24) is 10.2 Å². The van der Waals surface area contributed by atoms with Gasteiger partial charge in [0.2, 0.25) is 0 Å². The van der Waals surface area contributed by atoms with Crippen LogP contribution in [0.15, 0.2) is 36.4 Å². The highest BCUT2D eigenvalue weighted by Crippen LogP contribution is 2.36. The van der Waals surface area contributed by atoms with E-state index in [0.29, 0.717) is 23.1 Å². The Hall–Kier alpha value is -2.32. The number of benzene rings is 2. The van der Waals surface area contributed by atoms with Crippen molar-refractivity contribution in [2.24, 2.45) is 0 Å². The van der Waals surface area contributed by atoms with Crippen LogP contribution in [0.1, 0.15) is 11.1 Å². The van der Waals surface area contributed by atoms with Gasteiger partial charge in [-0.25, -0.2) is 0 Å². The van der Waals surface area contributed by atoms with E-state index >= 15 is 0 Å². The number of nitrogens with one attached hydrogen (secondary N) is 2. The van der Waals surface area contributed by atoms with Crippen LogP contribution >= 0.6 is 11.6 Å². The molecule has 3 rings (SSSR count). The van der Waals surface area contributed by atoms with E-state index in [-0.39, 0.29) is 12.5 Å². The number of hydrogen-bond donors (Lipinski definition) is 2. The van der Waals surface area contributed by atoms with Crippen LogP contribution in [0.25, 0.3) is 0 Å². The van der Waals surface area contributed by atoms with Gasteiger partial charge in [0.1, 0.15) is 0 Å². The monoisotopic (exact) mass is 447 g/mol. The third-order valence-electron chi connectivity index (χ3n) is 5.01. The van der Waals surface area contributed by atoms with Gasteiger partial charge in [0.25, 0.3) is 5.91 Å². The van der Waals surface area contributed by atoms with E-state index in [1.807, 2.05) is 43.3 Å². The number of nitrogens with zero attached hydrogens (tertiary/aromatic N) is 1. The maximum absolute atomic E-state index is 12.2. The summed E-state index contributed by atoms with van der Waals surface area (Å²) in [7, 11) is 1.56. The Morgan fingerprint density at radius 3 is 2.65 bits per heavy atom. The van der Waals surface area contributed by atoms with E-state index in [4.69, 9.17) is 25.8 Å². The lowest BCUT2D eigenvalue weighted by Crippen LogP contribution is -2.40. The molecule has 0 unspecified atom stereocenters. The number of halogens is 1. The minimum absolute atomic E-state index is 0.166. The molecular weight excluding hydrogens is 418 g/mol. The molecule has 1 fully saturated rings. The highest BCUT2D eigenvalue weighted by Gasteiger charge is 2.14. The van der Waals surface area contributed by atoms with Crippen molar-refractivity contribution >= 4 is 23.2 Å². The van der Waals surface area contributed by atoms with Gasteiger partial charge >= 0.3 is 0 Å². The van der Waals surface area contributed by atoms with Crippen molar-refractivity contribution in [2.75, 3.05) is 58.4 Å². The van der Waals surface area contributed by atoms with Gasteiger partial charge in [0, 0.05) is 38.4 Å². The Morgan fingerprint density at radius 1 is 1.19 bits per heavy atom. The topological polar surface area (TPSA) is 72.1 Å². The van der Waals surface area contributed by atoms with Crippen molar-refractivity contribution in [2.45, 2.75) is 13.5 Å². The van der Waals surface area contributed by atoms with Crippen molar-refractivity contribution in [3.8, 4) is 11.5 Å². The summed E-state index contributed by atoms with van der Waals surface area (Å²) >= 11 is 6.42. The van der Waals surface area contributed by atoms with Crippen LogP contribution in [0.2, 0.25) is 5.02 Å². The number of morpholine rings is 1. The summed E-state index contributed by atoms with van der Waals surface area (Å²) in [6.07, 6.45) is 0. The lowest BCUT2D eigenvalue weighted by Gasteiger charge is -2.26. The van der Waals surface area contributed by atoms with Crippen LogP contribution < -0.4 is 20.1 Å². The maximum Gasteiger partial charge on any atom is 0.262 e. The Bertz CT molecular complexity index is 855. The molecule has 0 aliphatic carbocycles. The number of rotatable bonds is 10. The number of aryl methyl sites for hydroxylation is 1. The standard InChI is InChI=1S/C23H30ClN3O4/c1-17-3-5-19(6-4-17)26-22(28)16-31-23-20(24)13-18(14-21(23)29-2)15-25-7-8-27-9-11-30-12-10-27/h3-6,13-14,25H,7-12,15-16H2,1-2H3,(H,26,28). The third-order valence-corrected chi connectivity index (χ3v) is 5.29. The highest BCUT2D eigenvalue weighted by atomic mass is 35.5. The molecular formula is C23H30ClN3O4. The summed E-state index contributed by atoms with van der Waals surface area (Å²) in [5.41, 5.74) is 2.83. The molecule has 0 radical (unpaired) electrons. The largest absolute Gasteiger partial charge is 0.493 e. The third kappa shape index (κ3) is 7.40. The molecule has 31 heavy (non-hydrogen) atoms. The molecule has 1 saturated heterocycles. The molecule has 168 valence electrons. The van der Waals surface area contributed by atoms with Gasteiger partial charge in [-0.2, -0.15) is 0 Å². The molecule has 0 spiro atoms. The summed E-state index contributed by atoms with van der Waals surface area (Å²) in [4.78, 5) is 14.6. The first-order chi connectivity index (χ1) is 15.0. The minimum Gasteiger partial charge on any atom is -0.493 e. The summed E-state index contributed by atoms with van der Waals surface area (Å²) < 4.78 is 16.5. The second kappa shape index (κ2) is 11.9. The second-order valence-corrected chi connectivity index (χ2v) is 7.85. The molecule has 7 nitrogen and oxygen atoms in total. The molecule has 2 aromatic rings. The van der Waals surface area contributed by atoms with Gasteiger partial charge in [-0.15, -0.1) is 0 Å². The van der Waals surface area contributed by atoms with E-state index in [0.717, 1.165) is 56.2 Å². The smallest absolute Gasteiger partial charge is 0.262 e. The minimum atomic E-state index is -0.268. The van der Waals surface area contributed by atoms with Crippen LogP contribution in [0, 0.1) is 6.92 Å². The summed E-state index contributed by atoms with van der Waals surface area (Å²) in [5, 5.41) is 6.64. The lowest BCUT2D eigenvalue weighted by atomic mass is 10.2. The SMILES string of the molecule is COc1cc(CNCCN2CCOCC2)cc(Cl)c1OCC(=O)Nc1ccc(C)cc1. The summed E-state index contributed by atoms with van der Waals surface area (Å²) in [6.45, 7) is 7.90. The second-order valence-electron chi connectivity index (χ2n) is 7.44. The normalized spacial score (nSPS) is 14.3. The first-order valence-corrected chi connectivity index (χ1v) is 10.8. The van der Waals surface area contributed by atoms with Crippen molar-refractivity contribution in [3.05, 3.63) is 52.5 Å². The molecule has 1 amide bonds. The first kappa shape index (κ1) is 23.3. The molecule has 0 bridgehead atoms. The predicted molar refractivity (Wildman–Crippen MR) is 122 cm³/mol. The fourth-order valence-electron chi connectivity index (χ4n) is 3.28. The first-order valence-electron chi connectivity index (χ1n) is 10.4. The average molecular weight is 448 g/mol. The van der Waals surface area contributed by atoms with Gasteiger partial charge in [0.15, 0.2) is 18.1 Å². The molecule has 0 saturated carbocycles. The van der Waals surface area contributed by atoms with Gasteiger partial charge < -0.3 is 24.8 Å². The summed E-state index contributed by atoms with van der Waals surface area (Å²) in [6, 6.07) is 11.3. The zero-order valence-electron chi connectivity index (χ0n) is 18.1. The van der Waals surface area contributed by atoms with Crippen LogP contribution in [0.3, 0.4) is 0 Å². The number of anilines is 1. The van der Waals surface area contributed by atoms with E-state index in [1.165, 1.54) is 0 Å². The van der Waals surface area contributed by atoms with Crippen molar-refractivity contribution in [1.29, 1.82) is 0 Å². The van der Waals surface area contributed by atoms with E-state index in [9.17, 15) is 4.79 Å². The van der Waals surface area contributed by atoms with Gasteiger partial charge in [-0.05, 0) is 36.8 Å². The van der Waals surface area contributed by atoms with Crippen molar-refractivity contribution < 1.29 is 19.0 Å². The number of carbonyl (C=O) groups is 1. The van der Waals surface area contributed by atoms with Crippen LogP contribution in [-0.4, -0.2) is 63.9 Å². The number of amides is 1. The Morgan fingerprint density at radius 2 is 1.94 bits per heavy atom. The fraction of sp³-hybridized carbons (Fsp3) is 0.435. The van der Waals surface area contributed by atoms with Gasteiger partial charge in [-0.1, -0.05) is 29.3 Å². The summed E-state index contributed by atoms with van der Waals surface area (Å²) in [5.74, 6) is 0.594. The number of ether oxygens (including phenoxy) is 3. The average Bonchev–Trinajstić information content (AvgIpc) is 2.78. The highest BCUT2D eigenvalue weighted by molar-refractivity contribution is 6.32. The molecule has 0 atom stereocenters. The Balaban J connectivity index is 1.49. The van der Waals surface area contributed by atoms with Crippen LogP contribution in [-0.2, 0) is 16.1 Å². The molecule has 2 N–H and O–H groups in total. The van der Waals surface area contributed by atoms with Gasteiger partial charge in [-0.3, -0.25) is 9.69 Å². The van der Waals surface area contributed by atoms with Crippen LogP contribution in [0.4, 0.5) is 5.69 Å². The van der Waals surface area contributed by atoms with E-state index < -0.39 is 0 Å². The number of hydrogen-bond acceptors (Lipinski definition) is 6. The van der Waals surface area contributed by atoms with Crippen molar-refractivity contribution in [3.63, 3.8) is 0 Å². The van der Waals surface area contributed by atoms with Crippen LogP contribution in [0.5, 0.6) is 11.5 Å². The molecule has 8 heteroatoms. The van der Waals surface area contributed by atoms with E-state index in [2.05, 4.69) is 15.5 Å². The zero-order valence-corrected chi connectivity index (χ0v) is 18.8. The zero-order chi connectivity index (χ0) is 22.1. The quantitative estimate of drug-likeness (QED) is 0.545. The Labute approximate surface area is 188 Å². The number of methoxy groups -OCH3 is 1. The maximum atomic E-state index is 12.2. The molecule has 1 aliphatic heterocycles. The molecule has 0 aromatic heterocycles. The lowest BCUT2D eigenvalue weighted by molar-refractivity contribution is -0.118. The Kier molecular flexibility index (Phi) is 8.97. The van der Waals surface area contributed by atoms with E-state index in [1.54, 1.807) is 7.11 Å². The fourth-order valence-corrected chi connectivity index (χ4v) is 3.57. The predicted octanol–water partition coefficient (Wildman–Crippen LogP) is 3.10.